The molecule has 1 aliphatic carbocycles. The molecule has 2 unspecified atom stereocenters. The number of pyridine rings is 1. The number of methoxy groups -OCH3 is 1. The van der Waals surface area contributed by atoms with Gasteiger partial charge in [-0.05, 0) is 35.8 Å². The summed E-state index contributed by atoms with van der Waals surface area (Å²) < 4.78 is 5.20. The molecule has 0 spiro atoms. The lowest BCUT2D eigenvalue weighted by Crippen LogP contribution is -2.29. The van der Waals surface area contributed by atoms with E-state index in [-0.39, 0.29) is 6.04 Å². The largest absolute Gasteiger partial charge is 0.495 e. The molecule has 2 atom stereocenters. The fourth-order valence-electron chi connectivity index (χ4n) is 2.98. The lowest BCUT2D eigenvalue weighted by Gasteiger charge is -2.32. The van der Waals surface area contributed by atoms with Crippen LogP contribution in [0.25, 0.3) is 0 Å². The highest BCUT2D eigenvalue weighted by Crippen LogP contribution is 2.47. The third-order valence-corrected chi connectivity index (χ3v) is 4.13. The zero-order valence-electron chi connectivity index (χ0n) is 10.9. The molecule has 0 saturated heterocycles. The van der Waals surface area contributed by atoms with Crippen LogP contribution in [0.1, 0.15) is 44.7 Å². The summed E-state index contributed by atoms with van der Waals surface area (Å²) in [6.07, 6.45) is 7.34. The van der Waals surface area contributed by atoms with Crippen molar-refractivity contribution in [1.82, 2.24) is 4.98 Å². The van der Waals surface area contributed by atoms with Gasteiger partial charge < -0.3 is 10.5 Å². The Hall–Kier alpha value is -1.09. The van der Waals surface area contributed by atoms with Crippen LogP contribution in [0.15, 0.2) is 18.5 Å². The van der Waals surface area contributed by atoms with E-state index in [2.05, 4.69) is 18.8 Å². The maximum atomic E-state index is 6.40. The van der Waals surface area contributed by atoms with Crippen molar-refractivity contribution in [1.29, 1.82) is 0 Å². The molecule has 3 heteroatoms. The van der Waals surface area contributed by atoms with Gasteiger partial charge in [0, 0.05) is 12.2 Å². The fourth-order valence-corrected chi connectivity index (χ4v) is 2.98. The number of aromatic nitrogens is 1. The third kappa shape index (κ3) is 2.44. The molecule has 2 N–H and O–H groups in total. The van der Waals surface area contributed by atoms with Gasteiger partial charge in [0.2, 0.25) is 0 Å². The molecule has 0 aromatic carbocycles. The Bertz CT molecular complexity index is 390. The Morgan fingerprint density at radius 3 is 2.82 bits per heavy atom. The van der Waals surface area contributed by atoms with Crippen LogP contribution in [0.4, 0.5) is 0 Å². The van der Waals surface area contributed by atoms with Crippen LogP contribution in [-0.2, 0) is 0 Å². The van der Waals surface area contributed by atoms with Crippen LogP contribution in [0, 0.1) is 11.3 Å². The average molecular weight is 234 g/mol. The topological polar surface area (TPSA) is 48.1 Å². The molecule has 0 amide bonds. The molecular weight excluding hydrogens is 212 g/mol. The Labute approximate surface area is 103 Å². The lowest BCUT2D eigenvalue weighted by molar-refractivity contribution is 0.221. The van der Waals surface area contributed by atoms with Gasteiger partial charge in [-0.15, -0.1) is 0 Å². The molecule has 0 bridgehead atoms. The molecule has 94 valence electrons. The summed E-state index contributed by atoms with van der Waals surface area (Å²) in [6, 6.07) is 2.07. The maximum absolute atomic E-state index is 6.40. The van der Waals surface area contributed by atoms with Crippen molar-refractivity contribution < 1.29 is 4.74 Å². The minimum Gasteiger partial charge on any atom is -0.495 e. The second-order valence-electron chi connectivity index (χ2n) is 5.67. The first-order valence-electron chi connectivity index (χ1n) is 6.29. The van der Waals surface area contributed by atoms with E-state index in [0.717, 1.165) is 11.3 Å². The molecule has 2 rings (SSSR count). The minimum atomic E-state index is 0.0649. The van der Waals surface area contributed by atoms with E-state index < -0.39 is 0 Å². The quantitative estimate of drug-likeness (QED) is 0.874. The van der Waals surface area contributed by atoms with Gasteiger partial charge in [0.05, 0.1) is 13.3 Å². The second kappa shape index (κ2) is 4.65. The van der Waals surface area contributed by atoms with E-state index >= 15 is 0 Å². The zero-order chi connectivity index (χ0) is 12.5. The second-order valence-corrected chi connectivity index (χ2v) is 5.67. The van der Waals surface area contributed by atoms with E-state index in [1.54, 1.807) is 13.3 Å². The standard InChI is InChI=1S/C14H22N2O/c1-14(2)6-4-5-12(14)13(15)10-7-11(17-3)9-16-8-10/h7-9,12-13H,4-6,15H2,1-3H3. The molecule has 1 aromatic rings. The van der Waals surface area contributed by atoms with Gasteiger partial charge in [0.1, 0.15) is 5.75 Å². The SMILES string of the molecule is COc1cncc(C(N)C2CCCC2(C)C)c1. The third-order valence-electron chi connectivity index (χ3n) is 4.13. The number of hydrogen-bond donors (Lipinski definition) is 1. The van der Waals surface area contributed by atoms with Crippen LogP contribution >= 0.6 is 0 Å². The van der Waals surface area contributed by atoms with Gasteiger partial charge in [0.15, 0.2) is 0 Å². The molecule has 1 fully saturated rings. The molecule has 1 heterocycles. The molecule has 1 saturated carbocycles. The summed E-state index contributed by atoms with van der Waals surface area (Å²) in [5.74, 6) is 1.32. The van der Waals surface area contributed by atoms with Gasteiger partial charge in [0.25, 0.3) is 0 Å². The van der Waals surface area contributed by atoms with Gasteiger partial charge in [-0.1, -0.05) is 20.3 Å². The highest BCUT2D eigenvalue weighted by Gasteiger charge is 2.38. The summed E-state index contributed by atoms with van der Waals surface area (Å²) >= 11 is 0. The molecular formula is C14H22N2O. The van der Waals surface area contributed by atoms with E-state index in [1.807, 2.05) is 12.3 Å². The number of nitrogens with two attached hydrogens (primary N) is 1. The zero-order valence-corrected chi connectivity index (χ0v) is 10.9. The molecule has 1 aliphatic rings. The van der Waals surface area contributed by atoms with Crippen molar-refractivity contribution in [3.8, 4) is 5.75 Å². The lowest BCUT2D eigenvalue weighted by atomic mass is 9.76. The van der Waals surface area contributed by atoms with Crippen molar-refractivity contribution in [3.05, 3.63) is 24.0 Å². The van der Waals surface area contributed by atoms with E-state index in [9.17, 15) is 0 Å². The molecule has 0 radical (unpaired) electrons. The summed E-state index contributed by atoms with van der Waals surface area (Å²) in [7, 11) is 1.66. The van der Waals surface area contributed by atoms with E-state index in [4.69, 9.17) is 10.5 Å². The molecule has 0 aliphatic heterocycles. The Morgan fingerprint density at radius 2 is 2.24 bits per heavy atom. The van der Waals surface area contributed by atoms with Crippen LogP contribution in [0.2, 0.25) is 0 Å². The van der Waals surface area contributed by atoms with Crippen molar-refractivity contribution >= 4 is 0 Å². The van der Waals surface area contributed by atoms with Gasteiger partial charge in [-0.2, -0.15) is 0 Å². The van der Waals surface area contributed by atoms with Crippen molar-refractivity contribution in [2.45, 2.75) is 39.2 Å². The first-order valence-corrected chi connectivity index (χ1v) is 6.29. The monoisotopic (exact) mass is 234 g/mol. The first kappa shape index (κ1) is 12.4. The van der Waals surface area contributed by atoms with Crippen molar-refractivity contribution in [2.24, 2.45) is 17.1 Å². The van der Waals surface area contributed by atoms with Gasteiger partial charge >= 0.3 is 0 Å². The highest BCUT2D eigenvalue weighted by atomic mass is 16.5. The smallest absolute Gasteiger partial charge is 0.137 e. The van der Waals surface area contributed by atoms with E-state index in [0.29, 0.717) is 11.3 Å². The minimum absolute atomic E-state index is 0.0649. The van der Waals surface area contributed by atoms with E-state index in [1.165, 1.54) is 19.3 Å². The van der Waals surface area contributed by atoms with Gasteiger partial charge in [-0.3, -0.25) is 4.98 Å². The maximum Gasteiger partial charge on any atom is 0.137 e. The van der Waals surface area contributed by atoms with Crippen LogP contribution in [-0.4, -0.2) is 12.1 Å². The Kier molecular flexibility index (Phi) is 3.38. The molecule has 3 nitrogen and oxygen atoms in total. The molecule has 1 aromatic heterocycles. The van der Waals surface area contributed by atoms with Crippen molar-refractivity contribution in [2.75, 3.05) is 7.11 Å². The van der Waals surface area contributed by atoms with Crippen molar-refractivity contribution in [3.63, 3.8) is 0 Å². The first-order chi connectivity index (χ1) is 8.04. The number of nitrogens with zero attached hydrogens (tertiary/aromatic N) is 1. The number of hydrogen-bond acceptors (Lipinski definition) is 3. The Balaban J connectivity index is 2.21. The van der Waals surface area contributed by atoms with Gasteiger partial charge in [-0.25, -0.2) is 0 Å². The highest BCUT2D eigenvalue weighted by molar-refractivity contribution is 5.26. The van der Waals surface area contributed by atoms with Crippen LogP contribution in [0.3, 0.4) is 0 Å². The summed E-state index contributed by atoms with van der Waals surface area (Å²) in [6.45, 7) is 4.64. The average Bonchev–Trinajstić information content (AvgIpc) is 2.68. The predicted octanol–water partition coefficient (Wildman–Crippen LogP) is 2.92. The summed E-state index contributed by atoms with van der Waals surface area (Å²) in [4.78, 5) is 4.19. The van der Waals surface area contributed by atoms with Crippen LogP contribution in [0.5, 0.6) is 5.75 Å². The molecule has 17 heavy (non-hydrogen) atoms. The summed E-state index contributed by atoms with van der Waals surface area (Å²) in [5.41, 5.74) is 7.83. The predicted molar refractivity (Wildman–Crippen MR) is 68.8 cm³/mol. The normalized spacial score (nSPS) is 24.6. The van der Waals surface area contributed by atoms with Crippen LogP contribution < -0.4 is 10.5 Å². The number of ether oxygens (including phenoxy) is 1. The number of rotatable bonds is 3. The Morgan fingerprint density at radius 1 is 1.47 bits per heavy atom. The fraction of sp³-hybridized carbons (Fsp3) is 0.643. The summed E-state index contributed by atoms with van der Waals surface area (Å²) in [5, 5.41) is 0.